The third-order valence-electron chi connectivity index (χ3n) is 6.09. The van der Waals surface area contributed by atoms with E-state index in [-0.39, 0.29) is 6.03 Å². The fraction of sp³-hybridized carbons (Fsp3) is 0.682. The summed E-state index contributed by atoms with van der Waals surface area (Å²) in [5, 5.41) is 3.11. The minimum atomic E-state index is -0.00641. The summed E-state index contributed by atoms with van der Waals surface area (Å²) in [6.07, 6.45) is 11.9. The van der Waals surface area contributed by atoms with Crippen molar-refractivity contribution in [2.45, 2.75) is 76.3 Å². The van der Waals surface area contributed by atoms with Crippen molar-refractivity contribution in [3.05, 3.63) is 12.1 Å². The number of ether oxygens (including phenoxy) is 3. The first-order chi connectivity index (χ1) is 13.7. The quantitative estimate of drug-likeness (QED) is 0.724. The largest absolute Gasteiger partial charge is 0.493 e. The number of methoxy groups -OCH3 is 3. The van der Waals surface area contributed by atoms with Gasteiger partial charge in [-0.15, -0.1) is 0 Å². The van der Waals surface area contributed by atoms with Gasteiger partial charge in [-0.05, 0) is 25.7 Å². The van der Waals surface area contributed by atoms with Crippen LogP contribution in [0.4, 0.5) is 10.5 Å². The minimum Gasteiger partial charge on any atom is -0.493 e. The van der Waals surface area contributed by atoms with Gasteiger partial charge in [-0.2, -0.15) is 0 Å². The topological polar surface area (TPSA) is 60.0 Å². The maximum atomic E-state index is 13.4. The molecule has 0 heterocycles. The predicted octanol–water partition coefficient (Wildman–Crippen LogP) is 5.21. The summed E-state index contributed by atoms with van der Waals surface area (Å²) in [6, 6.07) is 4.27. The van der Waals surface area contributed by atoms with Crippen LogP contribution < -0.4 is 19.5 Å². The Morgan fingerprint density at radius 2 is 1.29 bits per heavy atom. The van der Waals surface area contributed by atoms with Crippen LogP contribution in [0.3, 0.4) is 0 Å². The second kappa shape index (κ2) is 9.89. The highest BCUT2D eigenvalue weighted by atomic mass is 16.5. The second-order valence-electron chi connectivity index (χ2n) is 7.84. The fourth-order valence-electron chi connectivity index (χ4n) is 4.69. The van der Waals surface area contributed by atoms with Crippen LogP contribution in [-0.2, 0) is 0 Å². The van der Waals surface area contributed by atoms with Crippen molar-refractivity contribution >= 4 is 11.7 Å². The maximum Gasteiger partial charge on any atom is 0.322 e. The van der Waals surface area contributed by atoms with Gasteiger partial charge < -0.3 is 24.4 Å². The number of carbonyl (C=O) groups is 1. The van der Waals surface area contributed by atoms with Crippen molar-refractivity contribution in [1.82, 2.24) is 4.90 Å². The average molecular weight is 391 g/mol. The number of nitrogens with one attached hydrogen (secondary N) is 1. The molecule has 2 saturated carbocycles. The van der Waals surface area contributed by atoms with E-state index in [1.807, 2.05) is 0 Å². The molecule has 0 aromatic heterocycles. The Labute approximate surface area is 168 Å². The Morgan fingerprint density at radius 3 is 1.68 bits per heavy atom. The lowest BCUT2D eigenvalue weighted by Gasteiger charge is -2.41. The molecule has 1 N–H and O–H groups in total. The molecular weight excluding hydrogens is 356 g/mol. The Balaban J connectivity index is 1.82. The van der Waals surface area contributed by atoms with Gasteiger partial charge in [-0.25, -0.2) is 4.79 Å². The molecule has 0 bridgehead atoms. The Bertz CT molecular complexity index is 609. The first-order valence-corrected chi connectivity index (χ1v) is 10.6. The molecule has 2 amide bonds. The normalized spacial score (nSPS) is 18.4. The van der Waals surface area contributed by atoms with Gasteiger partial charge in [0.25, 0.3) is 0 Å². The van der Waals surface area contributed by atoms with E-state index in [0.717, 1.165) is 25.7 Å². The lowest BCUT2D eigenvalue weighted by atomic mass is 9.89. The van der Waals surface area contributed by atoms with Crippen LogP contribution in [0.1, 0.15) is 64.2 Å². The van der Waals surface area contributed by atoms with Gasteiger partial charge >= 0.3 is 6.03 Å². The van der Waals surface area contributed by atoms with E-state index in [0.29, 0.717) is 35.0 Å². The number of amides is 2. The first kappa shape index (κ1) is 20.6. The van der Waals surface area contributed by atoms with Crippen molar-refractivity contribution in [1.29, 1.82) is 0 Å². The van der Waals surface area contributed by atoms with E-state index in [2.05, 4.69) is 10.2 Å². The van der Waals surface area contributed by atoms with Crippen LogP contribution in [0.25, 0.3) is 0 Å². The molecule has 2 aliphatic carbocycles. The van der Waals surface area contributed by atoms with Gasteiger partial charge in [0, 0.05) is 24.2 Å². The highest BCUT2D eigenvalue weighted by Crippen LogP contribution is 2.40. The van der Waals surface area contributed by atoms with E-state index in [1.54, 1.807) is 33.5 Å². The number of urea groups is 1. The Morgan fingerprint density at radius 1 is 0.821 bits per heavy atom. The number of carbonyl (C=O) groups excluding carboxylic acids is 1. The maximum absolute atomic E-state index is 13.4. The van der Waals surface area contributed by atoms with E-state index in [1.165, 1.54) is 38.5 Å². The van der Waals surface area contributed by atoms with Crippen molar-refractivity contribution in [3.63, 3.8) is 0 Å². The highest BCUT2D eigenvalue weighted by molar-refractivity contribution is 5.90. The van der Waals surface area contributed by atoms with Gasteiger partial charge in [0.1, 0.15) is 0 Å². The highest BCUT2D eigenvalue weighted by Gasteiger charge is 2.32. The number of benzene rings is 1. The zero-order chi connectivity index (χ0) is 19.9. The van der Waals surface area contributed by atoms with Crippen LogP contribution in [0, 0.1) is 0 Å². The molecule has 0 saturated heterocycles. The van der Waals surface area contributed by atoms with Crippen LogP contribution in [-0.4, -0.2) is 44.3 Å². The Hall–Kier alpha value is -2.11. The SMILES string of the molecule is COc1cc(NC(=O)N(C2CCCCC2)C2CCCCC2)cc(OC)c1OC. The van der Waals surface area contributed by atoms with E-state index < -0.39 is 0 Å². The van der Waals surface area contributed by atoms with E-state index in [4.69, 9.17) is 14.2 Å². The molecule has 1 aromatic carbocycles. The van der Waals surface area contributed by atoms with Crippen molar-refractivity contribution in [2.24, 2.45) is 0 Å². The molecule has 1 aromatic rings. The van der Waals surface area contributed by atoms with Gasteiger partial charge in [0.2, 0.25) is 5.75 Å². The molecule has 0 atom stereocenters. The molecule has 0 spiro atoms. The van der Waals surface area contributed by atoms with Gasteiger partial charge in [-0.1, -0.05) is 38.5 Å². The summed E-state index contributed by atoms with van der Waals surface area (Å²) in [5.41, 5.74) is 0.663. The summed E-state index contributed by atoms with van der Waals surface area (Å²) in [5.74, 6) is 1.61. The molecule has 6 nitrogen and oxygen atoms in total. The third-order valence-corrected chi connectivity index (χ3v) is 6.09. The molecule has 6 heteroatoms. The van der Waals surface area contributed by atoms with Crippen LogP contribution >= 0.6 is 0 Å². The first-order valence-electron chi connectivity index (χ1n) is 10.6. The van der Waals surface area contributed by atoms with Crippen molar-refractivity contribution < 1.29 is 19.0 Å². The molecule has 3 rings (SSSR count). The smallest absolute Gasteiger partial charge is 0.322 e. The van der Waals surface area contributed by atoms with E-state index >= 15 is 0 Å². The number of hydrogen-bond donors (Lipinski definition) is 1. The Kier molecular flexibility index (Phi) is 7.29. The minimum absolute atomic E-state index is 0.00641. The second-order valence-corrected chi connectivity index (χ2v) is 7.84. The average Bonchev–Trinajstić information content (AvgIpc) is 2.74. The molecule has 2 aliphatic rings. The molecule has 28 heavy (non-hydrogen) atoms. The summed E-state index contributed by atoms with van der Waals surface area (Å²) in [6.45, 7) is 0. The molecule has 0 unspecified atom stereocenters. The van der Waals surface area contributed by atoms with Gasteiger partial charge in [0.05, 0.1) is 27.0 Å². The molecule has 0 radical (unpaired) electrons. The van der Waals surface area contributed by atoms with Gasteiger partial charge in [-0.3, -0.25) is 0 Å². The van der Waals surface area contributed by atoms with Gasteiger partial charge in [0.15, 0.2) is 11.5 Å². The molecule has 0 aliphatic heterocycles. The third kappa shape index (κ3) is 4.65. The van der Waals surface area contributed by atoms with Crippen LogP contribution in [0.5, 0.6) is 17.2 Å². The van der Waals surface area contributed by atoms with Crippen LogP contribution in [0.15, 0.2) is 12.1 Å². The number of rotatable bonds is 6. The van der Waals surface area contributed by atoms with Crippen LogP contribution in [0.2, 0.25) is 0 Å². The summed E-state index contributed by atoms with van der Waals surface area (Å²) in [4.78, 5) is 15.5. The number of hydrogen-bond acceptors (Lipinski definition) is 4. The standard InChI is InChI=1S/C22H34N2O4/c1-26-19-14-16(15-20(27-2)21(19)28-3)23-22(25)24(17-10-6-4-7-11-17)18-12-8-5-9-13-18/h14-15,17-18H,4-13H2,1-3H3,(H,23,25). The fourth-order valence-corrected chi connectivity index (χ4v) is 4.69. The lowest BCUT2D eigenvalue weighted by molar-refractivity contribution is 0.114. The molecule has 2 fully saturated rings. The zero-order valence-electron chi connectivity index (χ0n) is 17.5. The predicted molar refractivity (Wildman–Crippen MR) is 111 cm³/mol. The number of anilines is 1. The lowest BCUT2D eigenvalue weighted by Crippen LogP contribution is -2.50. The summed E-state index contributed by atoms with van der Waals surface area (Å²) in [7, 11) is 4.74. The van der Waals surface area contributed by atoms with Crippen molar-refractivity contribution in [2.75, 3.05) is 26.6 Å². The number of nitrogens with zero attached hydrogens (tertiary/aromatic N) is 1. The summed E-state index contributed by atoms with van der Waals surface area (Å²) >= 11 is 0. The van der Waals surface area contributed by atoms with E-state index in [9.17, 15) is 4.79 Å². The molecule has 156 valence electrons. The summed E-state index contributed by atoms with van der Waals surface area (Å²) < 4.78 is 16.2. The monoisotopic (exact) mass is 390 g/mol. The van der Waals surface area contributed by atoms with Crippen molar-refractivity contribution in [3.8, 4) is 17.2 Å². The molecular formula is C22H34N2O4. The zero-order valence-corrected chi connectivity index (χ0v) is 17.5.